The van der Waals surface area contributed by atoms with E-state index in [1.807, 2.05) is 6.92 Å². The zero-order valence-corrected chi connectivity index (χ0v) is 19.4. The number of amides is 3. The number of imide groups is 1. The first-order valence-electron chi connectivity index (χ1n) is 11.2. The smallest absolute Gasteiger partial charge is 0.293 e. The number of anilines is 2. The number of nitrogens with zero attached hydrogens (tertiary/aromatic N) is 2. The molecule has 2 atom stereocenters. The average molecular weight is 485 g/mol. The van der Waals surface area contributed by atoms with E-state index >= 15 is 0 Å². The summed E-state index contributed by atoms with van der Waals surface area (Å²) in [7, 11) is 0. The van der Waals surface area contributed by atoms with Crippen LogP contribution >= 0.6 is 11.6 Å². The molecule has 0 bridgehead atoms. The standard InChI is InChI=1S/C24H25ClN4O5/c1-14-6-8-16(13-19(14)25)27-22(30)15-7-9-20(21(12-15)29(33)34)26-10-11-28-23(31)17-4-2-3-5-18(17)24(28)32/h6-9,12-13,17-18,26H,2-5,10-11H2,1H3,(H,27,30). The Morgan fingerprint density at radius 1 is 1.12 bits per heavy atom. The number of aryl methyl sites for hydroxylation is 1. The second-order valence-corrected chi connectivity index (χ2v) is 9.07. The quantitative estimate of drug-likeness (QED) is 0.341. The van der Waals surface area contributed by atoms with Crippen molar-refractivity contribution in [1.82, 2.24) is 4.90 Å². The van der Waals surface area contributed by atoms with Gasteiger partial charge >= 0.3 is 0 Å². The normalized spacial score (nSPS) is 19.6. The number of carbonyl (C=O) groups is 3. The van der Waals surface area contributed by atoms with E-state index in [9.17, 15) is 24.5 Å². The highest BCUT2D eigenvalue weighted by Crippen LogP contribution is 2.38. The highest BCUT2D eigenvalue weighted by atomic mass is 35.5. The van der Waals surface area contributed by atoms with E-state index in [-0.39, 0.29) is 53.7 Å². The predicted octanol–water partition coefficient (Wildman–Crippen LogP) is 4.40. The largest absolute Gasteiger partial charge is 0.378 e. The van der Waals surface area contributed by atoms with E-state index in [4.69, 9.17) is 11.6 Å². The molecule has 2 aromatic rings. The number of likely N-dealkylation sites (tertiary alicyclic amines) is 1. The lowest BCUT2D eigenvalue weighted by Gasteiger charge is -2.19. The van der Waals surface area contributed by atoms with Crippen LogP contribution in [0.25, 0.3) is 0 Å². The van der Waals surface area contributed by atoms with Crippen LogP contribution < -0.4 is 10.6 Å². The predicted molar refractivity (Wildman–Crippen MR) is 128 cm³/mol. The van der Waals surface area contributed by atoms with Gasteiger partial charge in [0.2, 0.25) is 11.8 Å². The molecule has 1 heterocycles. The Kier molecular flexibility index (Phi) is 6.83. The Hall–Kier alpha value is -3.46. The maximum atomic E-state index is 12.6. The van der Waals surface area contributed by atoms with Crippen molar-refractivity contribution < 1.29 is 19.3 Å². The molecule has 178 valence electrons. The number of rotatable bonds is 7. The van der Waals surface area contributed by atoms with Crippen molar-refractivity contribution in [2.75, 3.05) is 23.7 Å². The number of carbonyl (C=O) groups excluding carboxylic acids is 3. The Morgan fingerprint density at radius 2 is 1.79 bits per heavy atom. The fourth-order valence-electron chi connectivity index (χ4n) is 4.60. The van der Waals surface area contributed by atoms with E-state index in [2.05, 4.69) is 10.6 Å². The summed E-state index contributed by atoms with van der Waals surface area (Å²) in [5.41, 5.74) is 1.38. The summed E-state index contributed by atoms with van der Waals surface area (Å²) in [6.07, 6.45) is 3.39. The minimum absolute atomic E-state index is 0.114. The second kappa shape index (κ2) is 9.80. The first kappa shape index (κ1) is 23.7. The van der Waals surface area contributed by atoms with Crippen LogP contribution in [0, 0.1) is 28.9 Å². The summed E-state index contributed by atoms with van der Waals surface area (Å²) in [6.45, 7) is 2.15. The third-order valence-electron chi connectivity index (χ3n) is 6.47. The Labute approximate surface area is 201 Å². The molecular formula is C24H25ClN4O5. The lowest BCUT2D eigenvalue weighted by molar-refractivity contribution is -0.384. The molecular weight excluding hydrogens is 460 g/mol. The summed E-state index contributed by atoms with van der Waals surface area (Å²) in [4.78, 5) is 50.1. The van der Waals surface area contributed by atoms with Gasteiger partial charge in [-0.05, 0) is 49.6 Å². The molecule has 2 aliphatic rings. The van der Waals surface area contributed by atoms with Gasteiger partial charge in [-0.25, -0.2) is 0 Å². The van der Waals surface area contributed by atoms with Crippen LogP contribution in [-0.4, -0.2) is 40.6 Å². The van der Waals surface area contributed by atoms with Crippen molar-refractivity contribution in [2.45, 2.75) is 32.6 Å². The number of hydrogen-bond donors (Lipinski definition) is 2. The molecule has 2 aromatic carbocycles. The summed E-state index contributed by atoms with van der Waals surface area (Å²) in [5.74, 6) is -1.25. The molecule has 4 rings (SSSR count). The maximum Gasteiger partial charge on any atom is 0.293 e. The van der Waals surface area contributed by atoms with Gasteiger partial charge in [0, 0.05) is 35.4 Å². The number of fused-ring (bicyclic) bond motifs is 1. The van der Waals surface area contributed by atoms with Crippen LogP contribution in [0.4, 0.5) is 17.1 Å². The lowest BCUT2D eigenvalue weighted by Crippen LogP contribution is -2.35. The van der Waals surface area contributed by atoms with E-state index in [0.29, 0.717) is 10.7 Å². The van der Waals surface area contributed by atoms with E-state index in [0.717, 1.165) is 31.2 Å². The lowest BCUT2D eigenvalue weighted by atomic mass is 9.81. The van der Waals surface area contributed by atoms with Gasteiger partial charge in [0.05, 0.1) is 16.8 Å². The molecule has 2 fully saturated rings. The molecule has 0 spiro atoms. The molecule has 2 unspecified atom stereocenters. The molecule has 0 radical (unpaired) electrons. The van der Waals surface area contributed by atoms with Gasteiger partial charge in [-0.1, -0.05) is 30.5 Å². The zero-order valence-electron chi connectivity index (χ0n) is 18.7. The third kappa shape index (κ3) is 4.75. The van der Waals surface area contributed by atoms with Crippen LogP contribution in [-0.2, 0) is 9.59 Å². The fraction of sp³-hybridized carbons (Fsp3) is 0.375. The molecule has 1 aliphatic carbocycles. The molecule has 34 heavy (non-hydrogen) atoms. The van der Waals surface area contributed by atoms with Gasteiger partial charge in [-0.15, -0.1) is 0 Å². The van der Waals surface area contributed by atoms with Crippen molar-refractivity contribution >= 4 is 46.4 Å². The zero-order chi connectivity index (χ0) is 24.4. The highest BCUT2D eigenvalue weighted by molar-refractivity contribution is 6.31. The maximum absolute atomic E-state index is 12.6. The first-order valence-corrected chi connectivity index (χ1v) is 11.6. The molecule has 2 N–H and O–H groups in total. The molecule has 1 saturated carbocycles. The topological polar surface area (TPSA) is 122 Å². The third-order valence-corrected chi connectivity index (χ3v) is 6.88. The second-order valence-electron chi connectivity index (χ2n) is 8.66. The van der Waals surface area contributed by atoms with Crippen molar-refractivity contribution in [3.8, 4) is 0 Å². The van der Waals surface area contributed by atoms with Gasteiger partial charge in [-0.3, -0.25) is 29.4 Å². The van der Waals surface area contributed by atoms with Gasteiger partial charge in [-0.2, -0.15) is 0 Å². The Bertz CT molecular complexity index is 1140. The van der Waals surface area contributed by atoms with E-state index < -0.39 is 10.8 Å². The van der Waals surface area contributed by atoms with Gasteiger partial charge in [0.25, 0.3) is 11.6 Å². The van der Waals surface area contributed by atoms with Crippen molar-refractivity contribution in [2.24, 2.45) is 11.8 Å². The molecule has 1 aliphatic heterocycles. The molecule has 3 amide bonds. The minimum atomic E-state index is -0.581. The number of nitro benzene ring substituents is 1. The summed E-state index contributed by atoms with van der Waals surface area (Å²) in [6, 6.07) is 9.17. The van der Waals surface area contributed by atoms with Gasteiger partial charge in [0.1, 0.15) is 5.69 Å². The Balaban J connectivity index is 1.42. The molecule has 0 aromatic heterocycles. The average Bonchev–Trinajstić information content (AvgIpc) is 3.06. The SMILES string of the molecule is Cc1ccc(NC(=O)c2ccc(NCCN3C(=O)C4CCCCC4C3=O)c([N+](=O)[O-])c2)cc1Cl. The molecule has 10 heteroatoms. The van der Waals surface area contributed by atoms with Crippen LogP contribution in [0.15, 0.2) is 36.4 Å². The fourth-order valence-corrected chi connectivity index (χ4v) is 4.78. The van der Waals surface area contributed by atoms with Crippen LogP contribution in [0.2, 0.25) is 5.02 Å². The summed E-state index contributed by atoms with van der Waals surface area (Å²) in [5, 5.41) is 17.7. The van der Waals surface area contributed by atoms with Crippen LogP contribution in [0.1, 0.15) is 41.6 Å². The highest BCUT2D eigenvalue weighted by Gasteiger charge is 2.47. The van der Waals surface area contributed by atoms with Crippen LogP contribution in [0.3, 0.4) is 0 Å². The molecule has 1 saturated heterocycles. The van der Waals surface area contributed by atoms with Crippen molar-refractivity contribution in [3.05, 3.63) is 62.7 Å². The number of hydrogen-bond acceptors (Lipinski definition) is 6. The van der Waals surface area contributed by atoms with E-state index in [1.54, 1.807) is 18.2 Å². The number of nitro groups is 1. The van der Waals surface area contributed by atoms with Gasteiger partial charge < -0.3 is 10.6 Å². The summed E-state index contributed by atoms with van der Waals surface area (Å²) < 4.78 is 0. The number of halogens is 1. The van der Waals surface area contributed by atoms with Crippen molar-refractivity contribution in [3.63, 3.8) is 0 Å². The number of nitrogens with one attached hydrogen (secondary N) is 2. The minimum Gasteiger partial charge on any atom is -0.378 e. The Morgan fingerprint density at radius 3 is 2.41 bits per heavy atom. The molecule has 9 nitrogen and oxygen atoms in total. The first-order chi connectivity index (χ1) is 16.3. The van der Waals surface area contributed by atoms with E-state index in [1.165, 1.54) is 23.1 Å². The monoisotopic (exact) mass is 484 g/mol. The summed E-state index contributed by atoms with van der Waals surface area (Å²) >= 11 is 6.09. The van der Waals surface area contributed by atoms with Crippen molar-refractivity contribution in [1.29, 1.82) is 0 Å². The van der Waals surface area contributed by atoms with Crippen LogP contribution in [0.5, 0.6) is 0 Å². The number of benzene rings is 2. The van der Waals surface area contributed by atoms with Gasteiger partial charge in [0.15, 0.2) is 0 Å².